The molecule has 3 rings (SSSR count). The standard InChI is InChI=1S/C34H52FN5O5/c1-5-9-10-11-12-13-14-15-16-17-18-21-27(41)37-30-28-31(39-33(35)38-30)40(24-36-28)26-22-45-34(8-4,29(26)42)23-44-32(43)25(19-6-2)20-7-3/h4,24-26,29,42H,5-7,9-23H2,1-3H3,(H,37,38,39,41)/t26?,29-,34+/m0/s1. The molecule has 0 radical (unpaired) electrons. The number of ether oxygens (including phenoxy) is 2. The van der Waals surface area contributed by atoms with E-state index in [9.17, 15) is 19.1 Å². The van der Waals surface area contributed by atoms with Crippen molar-refractivity contribution in [3.8, 4) is 12.3 Å². The number of aliphatic hydroxyl groups is 1. The number of carbonyl (C=O) groups is 2. The van der Waals surface area contributed by atoms with Crippen LogP contribution < -0.4 is 5.32 Å². The third kappa shape index (κ3) is 10.2. The van der Waals surface area contributed by atoms with Crippen molar-refractivity contribution in [2.75, 3.05) is 18.5 Å². The molecular formula is C34H52FN5O5. The van der Waals surface area contributed by atoms with Gasteiger partial charge in [-0.3, -0.25) is 9.59 Å². The van der Waals surface area contributed by atoms with Crippen molar-refractivity contribution in [2.45, 2.75) is 141 Å². The van der Waals surface area contributed by atoms with Crippen LogP contribution in [0.5, 0.6) is 0 Å². The molecule has 3 atom stereocenters. The van der Waals surface area contributed by atoms with Gasteiger partial charge in [0.15, 0.2) is 22.6 Å². The second-order valence-corrected chi connectivity index (χ2v) is 12.2. The Labute approximate surface area is 267 Å². The van der Waals surface area contributed by atoms with Gasteiger partial charge in [0.25, 0.3) is 0 Å². The predicted octanol–water partition coefficient (Wildman–Crippen LogP) is 6.67. The number of amides is 1. The summed E-state index contributed by atoms with van der Waals surface area (Å²) in [6.45, 7) is 5.87. The molecular weight excluding hydrogens is 577 g/mol. The van der Waals surface area contributed by atoms with Crippen LogP contribution in [0.3, 0.4) is 0 Å². The molecule has 1 saturated heterocycles. The van der Waals surface area contributed by atoms with E-state index in [1.807, 2.05) is 13.8 Å². The number of aliphatic hydroxyl groups excluding tert-OH is 1. The van der Waals surface area contributed by atoms with Crippen molar-refractivity contribution in [3.05, 3.63) is 12.4 Å². The molecule has 10 nitrogen and oxygen atoms in total. The number of nitrogens with one attached hydrogen (secondary N) is 1. The molecule has 0 bridgehead atoms. The van der Waals surface area contributed by atoms with Crippen LogP contribution in [-0.4, -0.2) is 61.4 Å². The molecule has 0 saturated carbocycles. The Bertz CT molecular complexity index is 1260. The quantitative estimate of drug-likeness (QED) is 0.0678. The van der Waals surface area contributed by atoms with Gasteiger partial charge in [-0.2, -0.15) is 14.4 Å². The fourth-order valence-electron chi connectivity index (χ4n) is 5.99. The summed E-state index contributed by atoms with van der Waals surface area (Å²) in [6, 6.07) is -0.791. The van der Waals surface area contributed by atoms with E-state index in [0.717, 1.165) is 32.1 Å². The van der Waals surface area contributed by atoms with Gasteiger partial charge in [-0.1, -0.05) is 104 Å². The Hall–Kier alpha value is -3.10. The highest BCUT2D eigenvalue weighted by atomic mass is 19.1. The minimum absolute atomic E-state index is 0.0345. The second kappa shape index (κ2) is 18.8. The number of carbonyl (C=O) groups excluding carboxylic acids is 2. The summed E-state index contributed by atoms with van der Waals surface area (Å²) in [4.78, 5) is 37.4. The SMILES string of the molecule is C#C[C@]1(COC(=O)C(CCC)CCC)OCC(n2cnc3c(NC(=O)CCCCCCCCCCCCC)nc(F)nc32)[C@@H]1O. The van der Waals surface area contributed by atoms with E-state index < -0.39 is 23.8 Å². The largest absolute Gasteiger partial charge is 0.461 e. The molecule has 2 aromatic rings. The maximum absolute atomic E-state index is 14.6. The lowest BCUT2D eigenvalue weighted by molar-refractivity contribution is -0.157. The molecule has 2 N–H and O–H groups in total. The molecule has 1 aliphatic rings. The summed E-state index contributed by atoms with van der Waals surface area (Å²) in [7, 11) is 0. The molecule has 11 heteroatoms. The first kappa shape index (κ1) is 36.4. The topological polar surface area (TPSA) is 128 Å². The van der Waals surface area contributed by atoms with Crippen molar-refractivity contribution in [2.24, 2.45) is 5.92 Å². The lowest BCUT2D eigenvalue weighted by Crippen LogP contribution is -2.45. The first-order valence-electron chi connectivity index (χ1n) is 17.0. The zero-order chi connectivity index (χ0) is 32.7. The summed E-state index contributed by atoms with van der Waals surface area (Å²) >= 11 is 0. The highest BCUT2D eigenvalue weighted by Crippen LogP contribution is 2.36. The maximum Gasteiger partial charge on any atom is 0.312 e. The van der Waals surface area contributed by atoms with Gasteiger partial charge in [0, 0.05) is 6.42 Å². The van der Waals surface area contributed by atoms with Crippen LogP contribution in [0.15, 0.2) is 6.33 Å². The monoisotopic (exact) mass is 629 g/mol. The third-order valence-electron chi connectivity index (χ3n) is 8.65. The number of fused-ring (bicyclic) bond motifs is 1. The molecule has 1 fully saturated rings. The van der Waals surface area contributed by atoms with Crippen molar-refractivity contribution in [1.82, 2.24) is 19.5 Å². The van der Waals surface area contributed by atoms with Gasteiger partial charge >= 0.3 is 12.0 Å². The summed E-state index contributed by atoms with van der Waals surface area (Å²) in [5.74, 6) is 1.55. The summed E-state index contributed by atoms with van der Waals surface area (Å²) < 4.78 is 27.4. The van der Waals surface area contributed by atoms with Crippen LogP contribution in [0.4, 0.5) is 10.2 Å². The van der Waals surface area contributed by atoms with Gasteiger partial charge in [0.05, 0.1) is 24.9 Å². The Morgan fingerprint density at radius 1 is 1.07 bits per heavy atom. The highest BCUT2D eigenvalue weighted by Gasteiger charge is 2.51. The molecule has 1 unspecified atom stereocenters. The molecule has 0 spiro atoms. The number of esters is 1. The minimum atomic E-state index is -1.59. The summed E-state index contributed by atoms with van der Waals surface area (Å²) in [6.07, 6.45) is 21.2. The molecule has 45 heavy (non-hydrogen) atoms. The molecule has 0 aliphatic carbocycles. The van der Waals surface area contributed by atoms with Gasteiger partial charge < -0.3 is 24.5 Å². The second-order valence-electron chi connectivity index (χ2n) is 12.2. The predicted molar refractivity (Wildman–Crippen MR) is 172 cm³/mol. The van der Waals surface area contributed by atoms with E-state index in [0.29, 0.717) is 19.3 Å². The van der Waals surface area contributed by atoms with Crippen molar-refractivity contribution in [1.29, 1.82) is 0 Å². The normalized spacial score (nSPS) is 19.7. The van der Waals surface area contributed by atoms with E-state index in [2.05, 4.69) is 33.1 Å². The molecule has 1 aliphatic heterocycles. The number of imidazole rings is 1. The number of hydrogen-bond acceptors (Lipinski definition) is 8. The van der Waals surface area contributed by atoms with Gasteiger partial charge in [0.2, 0.25) is 5.91 Å². The van der Waals surface area contributed by atoms with Gasteiger partial charge in [-0.15, -0.1) is 6.42 Å². The van der Waals surface area contributed by atoms with Gasteiger partial charge in [-0.05, 0) is 19.3 Å². The molecule has 250 valence electrons. The smallest absolute Gasteiger partial charge is 0.312 e. The van der Waals surface area contributed by atoms with E-state index in [-0.39, 0.29) is 48.0 Å². The average Bonchev–Trinajstić information content (AvgIpc) is 3.59. The number of aromatic nitrogens is 4. The van der Waals surface area contributed by atoms with Crippen LogP contribution in [0.1, 0.15) is 130 Å². The van der Waals surface area contributed by atoms with E-state index in [4.69, 9.17) is 15.9 Å². The Morgan fingerprint density at radius 2 is 1.69 bits per heavy atom. The van der Waals surface area contributed by atoms with Crippen LogP contribution in [-0.2, 0) is 19.1 Å². The van der Waals surface area contributed by atoms with Crippen molar-refractivity contribution < 1.29 is 28.6 Å². The van der Waals surface area contributed by atoms with Crippen LogP contribution in [0.25, 0.3) is 11.2 Å². The average molecular weight is 630 g/mol. The Kier molecular flexibility index (Phi) is 15.2. The van der Waals surface area contributed by atoms with Gasteiger partial charge in [-0.25, -0.2) is 4.98 Å². The Morgan fingerprint density at radius 3 is 2.29 bits per heavy atom. The van der Waals surface area contributed by atoms with E-state index >= 15 is 0 Å². The molecule has 2 aromatic heterocycles. The molecule has 0 aromatic carbocycles. The van der Waals surface area contributed by atoms with E-state index in [1.54, 1.807) is 0 Å². The fourth-order valence-corrected chi connectivity index (χ4v) is 5.99. The zero-order valence-electron chi connectivity index (χ0n) is 27.4. The minimum Gasteiger partial charge on any atom is -0.461 e. The maximum atomic E-state index is 14.6. The van der Waals surface area contributed by atoms with Gasteiger partial charge in [0.1, 0.15) is 12.7 Å². The first-order valence-corrected chi connectivity index (χ1v) is 17.0. The number of unbranched alkanes of at least 4 members (excludes halogenated alkanes) is 10. The van der Waals surface area contributed by atoms with Crippen molar-refractivity contribution >= 4 is 28.9 Å². The lowest BCUT2D eigenvalue weighted by atomic mass is 9.95. The van der Waals surface area contributed by atoms with E-state index in [1.165, 1.54) is 62.3 Å². The number of halogens is 1. The van der Waals surface area contributed by atoms with Crippen LogP contribution >= 0.6 is 0 Å². The lowest BCUT2D eigenvalue weighted by Gasteiger charge is -2.28. The summed E-state index contributed by atoms with van der Waals surface area (Å²) in [5, 5.41) is 14.0. The van der Waals surface area contributed by atoms with Crippen LogP contribution in [0.2, 0.25) is 0 Å². The molecule has 1 amide bonds. The number of nitrogens with zero attached hydrogens (tertiary/aromatic N) is 4. The zero-order valence-corrected chi connectivity index (χ0v) is 27.4. The van der Waals surface area contributed by atoms with Crippen LogP contribution in [0, 0.1) is 24.3 Å². The van der Waals surface area contributed by atoms with Crippen molar-refractivity contribution in [3.63, 3.8) is 0 Å². The Balaban J connectivity index is 1.56. The number of anilines is 1. The number of hydrogen-bond donors (Lipinski definition) is 2. The number of terminal acetylenes is 1. The third-order valence-corrected chi connectivity index (χ3v) is 8.65. The molecule has 3 heterocycles. The fraction of sp³-hybridized carbons (Fsp3) is 0.735. The highest BCUT2D eigenvalue weighted by molar-refractivity contribution is 5.96. The number of rotatable bonds is 21. The first-order chi connectivity index (χ1) is 21.8. The summed E-state index contributed by atoms with van der Waals surface area (Å²) in [5.41, 5.74) is -1.32.